The standard InChI is InChI=1S/C9H17NO2S/c1-7(13)9(11)10-4-2-8-3-5-12-6-8/h7-8,13H,2-6H2,1H3,(H,10,11). The fourth-order valence-electron chi connectivity index (χ4n) is 1.36. The lowest BCUT2D eigenvalue weighted by Gasteiger charge is -2.09. The lowest BCUT2D eigenvalue weighted by atomic mass is 10.1. The Morgan fingerprint density at radius 1 is 1.77 bits per heavy atom. The van der Waals surface area contributed by atoms with Gasteiger partial charge in [-0.05, 0) is 25.7 Å². The average Bonchev–Trinajstić information content (AvgIpc) is 2.56. The first kappa shape index (κ1) is 10.9. The zero-order valence-corrected chi connectivity index (χ0v) is 8.85. The van der Waals surface area contributed by atoms with Gasteiger partial charge in [-0.3, -0.25) is 4.79 Å². The van der Waals surface area contributed by atoms with Crippen molar-refractivity contribution in [3.63, 3.8) is 0 Å². The molecule has 3 nitrogen and oxygen atoms in total. The molecule has 2 unspecified atom stereocenters. The number of amides is 1. The smallest absolute Gasteiger partial charge is 0.232 e. The Bertz CT molecular complexity index is 167. The van der Waals surface area contributed by atoms with Crippen molar-refractivity contribution in [2.75, 3.05) is 19.8 Å². The molecule has 1 aliphatic rings. The number of nitrogens with one attached hydrogen (secondary N) is 1. The Hall–Kier alpha value is -0.220. The van der Waals surface area contributed by atoms with Crippen LogP contribution in [0.5, 0.6) is 0 Å². The van der Waals surface area contributed by atoms with Crippen molar-refractivity contribution in [2.24, 2.45) is 5.92 Å². The number of thiol groups is 1. The molecular formula is C9H17NO2S. The molecule has 76 valence electrons. The summed E-state index contributed by atoms with van der Waals surface area (Å²) in [4.78, 5) is 11.1. The highest BCUT2D eigenvalue weighted by molar-refractivity contribution is 7.81. The summed E-state index contributed by atoms with van der Waals surface area (Å²) in [5, 5.41) is 2.63. The largest absolute Gasteiger partial charge is 0.381 e. The van der Waals surface area contributed by atoms with Gasteiger partial charge in [0, 0.05) is 19.8 Å². The van der Waals surface area contributed by atoms with Crippen molar-refractivity contribution in [2.45, 2.75) is 25.0 Å². The van der Waals surface area contributed by atoms with E-state index in [1.807, 2.05) is 0 Å². The molecular weight excluding hydrogens is 186 g/mol. The van der Waals surface area contributed by atoms with E-state index in [2.05, 4.69) is 17.9 Å². The highest BCUT2D eigenvalue weighted by atomic mass is 32.1. The van der Waals surface area contributed by atoms with E-state index in [0.717, 1.165) is 32.6 Å². The minimum Gasteiger partial charge on any atom is -0.381 e. The minimum absolute atomic E-state index is 0.0160. The van der Waals surface area contributed by atoms with Crippen molar-refractivity contribution in [3.05, 3.63) is 0 Å². The van der Waals surface area contributed by atoms with Gasteiger partial charge >= 0.3 is 0 Å². The van der Waals surface area contributed by atoms with E-state index < -0.39 is 0 Å². The third-order valence-electron chi connectivity index (χ3n) is 2.26. The van der Waals surface area contributed by atoms with Crippen LogP contribution in [0.1, 0.15) is 19.8 Å². The van der Waals surface area contributed by atoms with Crippen LogP contribution in [-0.4, -0.2) is 30.9 Å². The fraction of sp³-hybridized carbons (Fsp3) is 0.889. The van der Waals surface area contributed by atoms with Crippen LogP contribution in [0.15, 0.2) is 0 Å². The van der Waals surface area contributed by atoms with Crippen LogP contribution in [-0.2, 0) is 9.53 Å². The van der Waals surface area contributed by atoms with Gasteiger partial charge < -0.3 is 10.1 Å². The van der Waals surface area contributed by atoms with Gasteiger partial charge in [0.05, 0.1) is 5.25 Å². The van der Waals surface area contributed by atoms with Crippen molar-refractivity contribution < 1.29 is 9.53 Å². The van der Waals surface area contributed by atoms with Gasteiger partial charge in [0.15, 0.2) is 0 Å². The third-order valence-corrected chi connectivity index (χ3v) is 2.49. The molecule has 1 N–H and O–H groups in total. The van der Waals surface area contributed by atoms with Crippen molar-refractivity contribution in [3.8, 4) is 0 Å². The molecule has 1 fully saturated rings. The summed E-state index contributed by atoms with van der Waals surface area (Å²) in [5.41, 5.74) is 0. The monoisotopic (exact) mass is 203 g/mol. The first-order chi connectivity index (χ1) is 6.20. The van der Waals surface area contributed by atoms with Crippen LogP contribution in [0, 0.1) is 5.92 Å². The highest BCUT2D eigenvalue weighted by Crippen LogP contribution is 2.15. The molecule has 0 aromatic rings. The second-order valence-electron chi connectivity index (χ2n) is 3.49. The van der Waals surface area contributed by atoms with E-state index in [1.165, 1.54) is 0 Å². The van der Waals surface area contributed by atoms with Gasteiger partial charge in [-0.1, -0.05) is 0 Å². The number of carbonyl (C=O) groups excluding carboxylic acids is 1. The zero-order chi connectivity index (χ0) is 9.68. The van der Waals surface area contributed by atoms with Gasteiger partial charge in [-0.25, -0.2) is 0 Å². The first-order valence-corrected chi connectivity index (χ1v) is 5.25. The van der Waals surface area contributed by atoms with E-state index >= 15 is 0 Å². The first-order valence-electron chi connectivity index (χ1n) is 4.73. The number of hydrogen-bond acceptors (Lipinski definition) is 3. The lowest BCUT2D eigenvalue weighted by molar-refractivity contribution is -0.120. The highest BCUT2D eigenvalue weighted by Gasteiger charge is 2.15. The predicted molar refractivity (Wildman–Crippen MR) is 55.0 cm³/mol. The second-order valence-corrected chi connectivity index (χ2v) is 4.26. The normalized spacial score (nSPS) is 24.3. The summed E-state index contributed by atoms with van der Waals surface area (Å²) in [6, 6.07) is 0. The summed E-state index contributed by atoms with van der Waals surface area (Å²) in [6.45, 7) is 4.25. The second kappa shape index (κ2) is 5.50. The van der Waals surface area contributed by atoms with E-state index in [4.69, 9.17) is 4.74 Å². The maximum Gasteiger partial charge on any atom is 0.232 e. The molecule has 0 saturated carbocycles. The van der Waals surface area contributed by atoms with Crippen molar-refractivity contribution in [1.29, 1.82) is 0 Å². The molecule has 1 heterocycles. The topological polar surface area (TPSA) is 38.3 Å². The molecule has 1 aliphatic heterocycles. The van der Waals surface area contributed by atoms with E-state index in [1.54, 1.807) is 6.92 Å². The Morgan fingerprint density at radius 2 is 2.54 bits per heavy atom. The molecule has 0 spiro atoms. The van der Waals surface area contributed by atoms with E-state index in [9.17, 15) is 4.79 Å². The summed E-state index contributed by atoms with van der Waals surface area (Å²) in [6.07, 6.45) is 2.15. The van der Waals surface area contributed by atoms with Gasteiger partial charge in [0.25, 0.3) is 0 Å². The van der Waals surface area contributed by atoms with Gasteiger partial charge in [-0.2, -0.15) is 12.6 Å². The number of ether oxygens (including phenoxy) is 1. The SMILES string of the molecule is CC(S)C(=O)NCCC1CCOC1. The van der Waals surface area contributed by atoms with Crippen molar-refractivity contribution >= 4 is 18.5 Å². The summed E-state index contributed by atoms with van der Waals surface area (Å²) < 4.78 is 5.23. The Kier molecular flexibility index (Phi) is 4.59. The van der Waals surface area contributed by atoms with Crippen LogP contribution in [0.25, 0.3) is 0 Å². The molecule has 2 atom stereocenters. The zero-order valence-electron chi connectivity index (χ0n) is 7.95. The van der Waals surface area contributed by atoms with Crippen LogP contribution in [0.4, 0.5) is 0 Å². The van der Waals surface area contributed by atoms with Crippen LogP contribution in [0.3, 0.4) is 0 Å². The van der Waals surface area contributed by atoms with Crippen LogP contribution >= 0.6 is 12.6 Å². The molecule has 0 aliphatic carbocycles. The number of hydrogen-bond donors (Lipinski definition) is 2. The molecule has 0 bridgehead atoms. The molecule has 4 heteroatoms. The van der Waals surface area contributed by atoms with E-state index in [0.29, 0.717) is 5.92 Å². The average molecular weight is 203 g/mol. The minimum atomic E-state index is -0.208. The van der Waals surface area contributed by atoms with E-state index in [-0.39, 0.29) is 11.2 Å². The van der Waals surface area contributed by atoms with Crippen LogP contribution < -0.4 is 5.32 Å². The Labute approximate surface area is 84.6 Å². The Balaban J connectivity index is 2.03. The summed E-state index contributed by atoms with van der Waals surface area (Å²) in [5.74, 6) is 0.651. The van der Waals surface area contributed by atoms with Crippen molar-refractivity contribution in [1.82, 2.24) is 5.32 Å². The summed E-state index contributed by atoms with van der Waals surface area (Å²) in [7, 11) is 0. The molecule has 0 aromatic carbocycles. The Morgan fingerprint density at radius 3 is 3.08 bits per heavy atom. The van der Waals surface area contributed by atoms with Gasteiger partial charge in [0.1, 0.15) is 0 Å². The maximum absolute atomic E-state index is 11.1. The molecule has 13 heavy (non-hydrogen) atoms. The molecule has 0 aromatic heterocycles. The molecule has 1 saturated heterocycles. The van der Waals surface area contributed by atoms with Gasteiger partial charge in [-0.15, -0.1) is 0 Å². The predicted octanol–water partition coefficient (Wildman–Crippen LogP) is 0.847. The fourth-order valence-corrected chi connectivity index (χ4v) is 1.45. The van der Waals surface area contributed by atoms with Gasteiger partial charge in [0.2, 0.25) is 5.91 Å². The quantitative estimate of drug-likeness (QED) is 0.665. The molecule has 1 amide bonds. The third kappa shape index (κ3) is 4.00. The summed E-state index contributed by atoms with van der Waals surface area (Å²) >= 11 is 4.04. The lowest BCUT2D eigenvalue weighted by Crippen LogP contribution is -2.31. The van der Waals surface area contributed by atoms with Crippen LogP contribution in [0.2, 0.25) is 0 Å². The maximum atomic E-state index is 11.1. The molecule has 1 rings (SSSR count). The number of rotatable bonds is 4. The number of carbonyl (C=O) groups is 1. The molecule has 0 radical (unpaired) electrons.